The van der Waals surface area contributed by atoms with Crippen LogP contribution in [-0.4, -0.2) is 33.2 Å². The summed E-state index contributed by atoms with van der Waals surface area (Å²) in [5.41, 5.74) is 2.92. The first kappa shape index (κ1) is 21.8. The molecule has 0 aliphatic carbocycles. The number of fused-ring (bicyclic) bond motifs is 1. The van der Waals surface area contributed by atoms with E-state index in [1.54, 1.807) is 18.2 Å². The van der Waals surface area contributed by atoms with Crippen molar-refractivity contribution in [1.82, 2.24) is 14.8 Å². The quantitative estimate of drug-likeness (QED) is 0.352. The van der Waals surface area contributed by atoms with E-state index in [1.165, 1.54) is 17.3 Å². The molecule has 9 heteroatoms. The van der Waals surface area contributed by atoms with E-state index in [2.05, 4.69) is 46.5 Å². The van der Waals surface area contributed by atoms with Crippen LogP contribution in [0.3, 0.4) is 0 Å². The summed E-state index contributed by atoms with van der Waals surface area (Å²) in [6.45, 7) is 7.25. The summed E-state index contributed by atoms with van der Waals surface area (Å²) in [6, 6.07) is 13.6. The number of thioether (sulfide) groups is 1. The number of carbonyl (C=O) groups excluding carboxylic acids is 1. The molecule has 0 atom stereocenters. The highest BCUT2D eigenvalue weighted by molar-refractivity contribution is 7.99. The van der Waals surface area contributed by atoms with Gasteiger partial charge in [0, 0.05) is 36.2 Å². The van der Waals surface area contributed by atoms with Crippen LogP contribution >= 0.6 is 11.8 Å². The minimum atomic E-state index is -0.0765. The van der Waals surface area contributed by atoms with Gasteiger partial charge >= 0.3 is 0 Å². The summed E-state index contributed by atoms with van der Waals surface area (Å²) in [5.74, 6) is 2.65. The van der Waals surface area contributed by atoms with E-state index in [0.29, 0.717) is 42.4 Å². The Labute approximate surface area is 191 Å². The highest BCUT2D eigenvalue weighted by Gasteiger charge is 2.15. The Bertz CT molecular complexity index is 1100. The largest absolute Gasteiger partial charge is 0.454 e. The Balaban J connectivity index is 1.30. The highest BCUT2D eigenvalue weighted by atomic mass is 32.2. The number of carbonyl (C=O) groups is 1. The van der Waals surface area contributed by atoms with Crippen molar-refractivity contribution in [3.05, 3.63) is 66.5 Å². The third-order valence-electron chi connectivity index (χ3n) is 4.82. The van der Waals surface area contributed by atoms with Crippen LogP contribution in [0.15, 0.2) is 60.3 Å². The van der Waals surface area contributed by atoms with Gasteiger partial charge in [0.15, 0.2) is 22.5 Å². The lowest BCUT2D eigenvalue weighted by molar-refractivity contribution is -0.115. The molecule has 1 amide bonds. The van der Waals surface area contributed by atoms with Gasteiger partial charge in [-0.1, -0.05) is 35.5 Å². The van der Waals surface area contributed by atoms with E-state index in [0.717, 1.165) is 16.7 Å². The van der Waals surface area contributed by atoms with Crippen molar-refractivity contribution < 1.29 is 14.3 Å². The van der Waals surface area contributed by atoms with E-state index in [4.69, 9.17) is 9.47 Å². The third kappa shape index (κ3) is 5.42. The standard InChI is InChI=1S/C23H25N5O3S/c1-3-11-28-21(14-24-17-6-4-16(2)5-7-17)26-27-23(28)32-12-10-22(29)25-18-8-9-19-20(13-18)31-15-30-19/h3-9,13,24H,1,10-12,14-15H2,2H3,(H,25,29). The summed E-state index contributed by atoms with van der Waals surface area (Å²) in [7, 11) is 0. The van der Waals surface area contributed by atoms with Crippen molar-refractivity contribution in [2.45, 2.75) is 31.6 Å². The molecule has 4 rings (SSSR count). The predicted octanol–water partition coefficient (Wildman–Crippen LogP) is 4.23. The molecule has 0 radical (unpaired) electrons. The molecule has 0 spiro atoms. The molecule has 0 saturated heterocycles. The second-order valence-corrected chi connectivity index (χ2v) is 8.29. The van der Waals surface area contributed by atoms with Crippen LogP contribution in [0.25, 0.3) is 0 Å². The molecule has 2 N–H and O–H groups in total. The topological polar surface area (TPSA) is 90.3 Å². The number of aromatic nitrogens is 3. The number of nitrogens with zero attached hydrogens (tertiary/aromatic N) is 3. The minimum Gasteiger partial charge on any atom is -0.454 e. The predicted molar refractivity (Wildman–Crippen MR) is 125 cm³/mol. The lowest BCUT2D eigenvalue weighted by atomic mass is 10.2. The molecule has 0 bridgehead atoms. The van der Waals surface area contributed by atoms with E-state index in [-0.39, 0.29) is 12.7 Å². The number of nitrogens with one attached hydrogen (secondary N) is 2. The molecule has 0 fully saturated rings. The number of hydrogen-bond acceptors (Lipinski definition) is 7. The zero-order chi connectivity index (χ0) is 22.3. The maximum Gasteiger partial charge on any atom is 0.231 e. The maximum atomic E-state index is 12.3. The lowest BCUT2D eigenvalue weighted by Gasteiger charge is -2.10. The van der Waals surface area contributed by atoms with Gasteiger partial charge < -0.3 is 24.7 Å². The van der Waals surface area contributed by atoms with Gasteiger partial charge in [-0.05, 0) is 31.2 Å². The number of benzene rings is 2. The van der Waals surface area contributed by atoms with Crippen LogP contribution in [0.5, 0.6) is 11.5 Å². The number of rotatable bonds is 10. The number of amides is 1. The molecule has 1 aliphatic heterocycles. The molecular weight excluding hydrogens is 426 g/mol. The second kappa shape index (κ2) is 10.2. The fraction of sp³-hybridized carbons (Fsp3) is 0.261. The van der Waals surface area contributed by atoms with Crippen molar-refractivity contribution in [2.75, 3.05) is 23.2 Å². The SMILES string of the molecule is C=CCn1c(CNc2ccc(C)cc2)nnc1SCCC(=O)Nc1ccc2c(c1)OCO2. The summed E-state index contributed by atoms with van der Waals surface area (Å²) in [6.07, 6.45) is 2.16. The lowest BCUT2D eigenvalue weighted by Crippen LogP contribution is -2.12. The van der Waals surface area contributed by atoms with Crippen LogP contribution in [0.2, 0.25) is 0 Å². The molecule has 3 aromatic rings. The Morgan fingerprint density at radius 2 is 1.94 bits per heavy atom. The summed E-state index contributed by atoms with van der Waals surface area (Å²) in [5, 5.41) is 15.7. The maximum absolute atomic E-state index is 12.3. The highest BCUT2D eigenvalue weighted by Crippen LogP contribution is 2.34. The van der Waals surface area contributed by atoms with Crippen molar-refractivity contribution in [3.63, 3.8) is 0 Å². The Hall–Kier alpha value is -3.46. The van der Waals surface area contributed by atoms with Crippen LogP contribution in [0, 0.1) is 6.92 Å². The zero-order valence-electron chi connectivity index (χ0n) is 17.8. The van der Waals surface area contributed by atoms with E-state index < -0.39 is 0 Å². The Kier molecular flexibility index (Phi) is 6.96. The monoisotopic (exact) mass is 451 g/mol. The van der Waals surface area contributed by atoms with Crippen molar-refractivity contribution >= 4 is 29.0 Å². The van der Waals surface area contributed by atoms with E-state index in [1.807, 2.05) is 22.8 Å². The number of allylic oxidation sites excluding steroid dienone is 1. The zero-order valence-corrected chi connectivity index (χ0v) is 18.7. The summed E-state index contributed by atoms with van der Waals surface area (Å²) in [4.78, 5) is 12.3. The van der Waals surface area contributed by atoms with Crippen molar-refractivity contribution in [3.8, 4) is 11.5 Å². The van der Waals surface area contributed by atoms with Gasteiger partial charge in [-0.15, -0.1) is 16.8 Å². The molecule has 166 valence electrons. The third-order valence-corrected chi connectivity index (χ3v) is 5.79. The van der Waals surface area contributed by atoms with Crippen LogP contribution < -0.4 is 20.1 Å². The Morgan fingerprint density at radius 3 is 2.75 bits per heavy atom. The fourth-order valence-electron chi connectivity index (χ4n) is 3.15. The van der Waals surface area contributed by atoms with Crippen LogP contribution in [0.1, 0.15) is 17.8 Å². The molecule has 0 saturated carbocycles. The van der Waals surface area contributed by atoms with Crippen LogP contribution in [0.4, 0.5) is 11.4 Å². The number of ether oxygens (including phenoxy) is 2. The normalized spacial score (nSPS) is 11.9. The molecular formula is C23H25N5O3S. The van der Waals surface area contributed by atoms with E-state index in [9.17, 15) is 4.79 Å². The van der Waals surface area contributed by atoms with Gasteiger partial charge in [0.05, 0.1) is 6.54 Å². The first-order valence-corrected chi connectivity index (χ1v) is 11.3. The van der Waals surface area contributed by atoms with Crippen LogP contribution in [-0.2, 0) is 17.9 Å². The second-order valence-electron chi connectivity index (χ2n) is 7.23. The smallest absolute Gasteiger partial charge is 0.231 e. The van der Waals surface area contributed by atoms with Gasteiger partial charge in [0.25, 0.3) is 0 Å². The summed E-state index contributed by atoms with van der Waals surface area (Å²) >= 11 is 1.50. The number of aryl methyl sites for hydroxylation is 1. The molecule has 2 aromatic carbocycles. The van der Waals surface area contributed by atoms with Gasteiger partial charge in [-0.2, -0.15) is 0 Å². The van der Waals surface area contributed by atoms with Gasteiger partial charge in [0.1, 0.15) is 0 Å². The Morgan fingerprint density at radius 1 is 1.16 bits per heavy atom. The molecule has 1 aliphatic rings. The molecule has 1 aromatic heterocycles. The number of anilines is 2. The first-order chi connectivity index (χ1) is 15.6. The molecule has 8 nitrogen and oxygen atoms in total. The van der Waals surface area contributed by atoms with Crippen molar-refractivity contribution in [2.24, 2.45) is 0 Å². The van der Waals surface area contributed by atoms with E-state index >= 15 is 0 Å². The average Bonchev–Trinajstić information content (AvgIpc) is 3.40. The molecule has 32 heavy (non-hydrogen) atoms. The molecule has 0 unspecified atom stereocenters. The first-order valence-electron chi connectivity index (χ1n) is 10.3. The number of hydrogen-bond donors (Lipinski definition) is 2. The minimum absolute atomic E-state index is 0.0765. The van der Waals surface area contributed by atoms with Crippen molar-refractivity contribution in [1.29, 1.82) is 0 Å². The summed E-state index contributed by atoms with van der Waals surface area (Å²) < 4.78 is 12.6. The van der Waals surface area contributed by atoms with Gasteiger partial charge in [-0.25, -0.2) is 0 Å². The molecule has 2 heterocycles. The fourth-order valence-corrected chi connectivity index (χ4v) is 4.06. The van der Waals surface area contributed by atoms with Gasteiger partial charge in [-0.3, -0.25) is 4.79 Å². The van der Waals surface area contributed by atoms with Gasteiger partial charge in [0.2, 0.25) is 12.7 Å². The average molecular weight is 452 g/mol.